The van der Waals surface area contributed by atoms with Gasteiger partial charge in [-0.05, 0) is 73.0 Å². The fraction of sp³-hybridized carbons (Fsp3) is 0.231. The minimum Gasteiger partial charge on any atom is -0.497 e. The maximum Gasteiger partial charge on any atom is 0.406 e. The molecule has 4 rings (SSSR count). The van der Waals surface area contributed by atoms with E-state index in [0.29, 0.717) is 13.0 Å². The molecule has 0 unspecified atom stereocenters. The number of aryl methyl sites for hydroxylation is 2. The number of nitrogens with one attached hydrogen (secondary N) is 2. The second-order valence-electron chi connectivity index (χ2n) is 7.78. The summed E-state index contributed by atoms with van der Waals surface area (Å²) < 4.78 is 10.6. The molecule has 3 aromatic carbocycles. The molecule has 1 heterocycles. The number of ether oxygens (including phenoxy) is 2. The van der Waals surface area contributed by atoms with Gasteiger partial charge in [0.1, 0.15) is 5.75 Å². The summed E-state index contributed by atoms with van der Waals surface area (Å²) in [6.07, 6.45) is 0.209. The van der Waals surface area contributed by atoms with Crippen LogP contribution in [-0.4, -0.2) is 31.8 Å². The zero-order chi connectivity index (χ0) is 22.7. The molecule has 0 aliphatic carbocycles. The molecule has 1 amide bonds. The Labute approximate surface area is 187 Å². The Morgan fingerprint density at radius 1 is 0.969 bits per heavy atom. The second kappa shape index (κ2) is 9.14. The van der Waals surface area contributed by atoms with Crippen LogP contribution in [0.25, 0.3) is 21.8 Å². The summed E-state index contributed by atoms with van der Waals surface area (Å²) in [5, 5.41) is 8.13. The number of fused-ring (bicyclic) bond motifs is 2. The monoisotopic (exact) mass is 429 g/mol. The van der Waals surface area contributed by atoms with Crippen LogP contribution in [-0.2, 0) is 11.2 Å². The average molecular weight is 430 g/mol. The van der Waals surface area contributed by atoms with Gasteiger partial charge in [-0.2, -0.15) is 0 Å². The molecule has 4 aromatic rings. The van der Waals surface area contributed by atoms with Gasteiger partial charge in [-0.3, -0.25) is 0 Å². The zero-order valence-corrected chi connectivity index (χ0v) is 18.8. The number of benzene rings is 3. The number of pyridine rings is 1. The van der Waals surface area contributed by atoms with E-state index in [-0.39, 0.29) is 0 Å². The molecule has 1 aromatic heterocycles. The van der Waals surface area contributed by atoms with Crippen molar-refractivity contribution in [3.8, 4) is 5.75 Å². The Hall–Kier alpha value is -3.80. The molecule has 6 nitrogen and oxygen atoms in total. The number of anilines is 2. The number of methoxy groups -OCH3 is 1. The Balaban J connectivity index is 1.76. The Bertz CT molecular complexity index is 1300. The van der Waals surface area contributed by atoms with Gasteiger partial charge in [-0.25, -0.2) is 9.78 Å². The number of nitrogens with zero attached hydrogens (tertiary/aromatic N) is 1. The SMILES string of the molecule is CNC(=O)OCCc1cccc(Nc2c3cc(OC)ccc3nc3cc(C)c(C)cc23)c1. The van der Waals surface area contributed by atoms with Crippen molar-refractivity contribution in [3.05, 3.63) is 71.3 Å². The lowest BCUT2D eigenvalue weighted by molar-refractivity contribution is 0.150. The van der Waals surface area contributed by atoms with Crippen LogP contribution in [0.1, 0.15) is 16.7 Å². The number of rotatable bonds is 6. The van der Waals surface area contributed by atoms with Crippen LogP contribution in [0.4, 0.5) is 16.2 Å². The van der Waals surface area contributed by atoms with Crippen molar-refractivity contribution >= 4 is 39.3 Å². The molecule has 0 spiro atoms. The van der Waals surface area contributed by atoms with Gasteiger partial charge in [-0.1, -0.05) is 12.1 Å². The van der Waals surface area contributed by atoms with Gasteiger partial charge in [0.15, 0.2) is 0 Å². The molecule has 6 heteroatoms. The van der Waals surface area contributed by atoms with Crippen molar-refractivity contribution in [3.63, 3.8) is 0 Å². The molecule has 0 radical (unpaired) electrons. The van der Waals surface area contributed by atoms with E-state index in [1.807, 2.05) is 36.4 Å². The normalized spacial score (nSPS) is 10.9. The number of hydrogen-bond donors (Lipinski definition) is 2. The van der Waals surface area contributed by atoms with Crippen LogP contribution >= 0.6 is 0 Å². The fourth-order valence-electron chi connectivity index (χ4n) is 3.73. The summed E-state index contributed by atoms with van der Waals surface area (Å²) >= 11 is 0. The highest BCUT2D eigenvalue weighted by atomic mass is 16.5. The van der Waals surface area contributed by atoms with Crippen molar-refractivity contribution in [2.24, 2.45) is 0 Å². The van der Waals surface area contributed by atoms with Crippen LogP contribution in [0.3, 0.4) is 0 Å². The van der Waals surface area contributed by atoms with Crippen LogP contribution in [0.15, 0.2) is 54.6 Å². The number of carbonyl (C=O) groups excluding carboxylic acids is 1. The molecule has 0 aliphatic heterocycles. The van der Waals surface area contributed by atoms with E-state index in [0.717, 1.165) is 44.5 Å². The van der Waals surface area contributed by atoms with Crippen LogP contribution in [0, 0.1) is 13.8 Å². The van der Waals surface area contributed by atoms with Gasteiger partial charge >= 0.3 is 6.09 Å². The molecule has 0 saturated carbocycles. The number of alkyl carbamates (subject to hydrolysis) is 1. The molecule has 2 N–H and O–H groups in total. The first kappa shape index (κ1) is 21.4. The Morgan fingerprint density at radius 2 is 1.75 bits per heavy atom. The minimum atomic E-state index is -0.423. The molecule has 0 bridgehead atoms. The predicted molar refractivity (Wildman–Crippen MR) is 129 cm³/mol. The third-order valence-electron chi connectivity index (χ3n) is 5.62. The highest BCUT2D eigenvalue weighted by Crippen LogP contribution is 2.36. The maximum atomic E-state index is 11.3. The number of amides is 1. The van der Waals surface area contributed by atoms with Crippen molar-refractivity contribution in [2.45, 2.75) is 20.3 Å². The van der Waals surface area contributed by atoms with Gasteiger partial charge in [0.2, 0.25) is 0 Å². The van der Waals surface area contributed by atoms with Gasteiger partial charge in [-0.15, -0.1) is 0 Å². The first-order valence-corrected chi connectivity index (χ1v) is 10.6. The van der Waals surface area contributed by atoms with E-state index in [4.69, 9.17) is 14.5 Å². The second-order valence-corrected chi connectivity index (χ2v) is 7.78. The Kier molecular flexibility index (Phi) is 6.12. The van der Waals surface area contributed by atoms with Crippen molar-refractivity contribution in [1.29, 1.82) is 0 Å². The van der Waals surface area contributed by atoms with Gasteiger partial charge < -0.3 is 20.1 Å². The summed E-state index contributed by atoms with van der Waals surface area (Å²) in [6, 6.07) is 18.4. The Morgan fingerprint density at radius 3 is 2.53 bits per heavy atom. The summed E-state index contributed by atoms with van der Waals surface area (Å²) in [5.41, 5.74) is 7.29. The molecule has 0 atom stereocenters. The molecule has 0 fully saturated rings. The summed E-state index contributed by atoms with van der Waals surface area (Å²) in [5.74, 6) is 0.783. The zero-order valence-electron chi connectivity index (χ0n) is 18.8. The van der Waals surface area contributed by atoms with E-state index in [1.165, 1.54) is 11.1 Å². The van der Waals surface area contributed by atoms with E-state index < -0.39 is 6.09 Å². The molecular weight excluding hydrogens is 402 g/mol. The molecule has 0 aliphatic rings. The molecule has 32 heavy (non-hydrogen) atoms. The summed E-state index contributed by atoms with van der Waals surface area (Å²) in [4.78, 5) is 16.2. The van der Waals surface area contributed by atoms with E-state index in [9.17, 15) is 4.79 Å². The average Bonchev–Trinajstić information content (AvgIpc) is 2.80. The smallest absolute Gasteiger partial charge is 0.406 e. The standard InChI is InChI=1S/C26H27N3O3/c1-16-12-21-24(13-17(16)2)29-23-9-8-20(31-4)15-22(23)25(21)28-19-7-5-6-18(14-19)10-11-32-26(30)27-3/h5-9,12-15H,10-11H2,1-4H3,(H,27,30)(H,28,29). The van der Waals surface area contributed by atoms with Crippen molar-refractivity contribution in [2.75, 3.05) is 26.1 Å². The lowest BCUT2D eigenvalue weighted by Crippen LogP contribution is -2.20. The fourth-order valence-corrected chi connectivity index (χ4v) is 3.73. The highest BCUT2D eigenvalue weighted by molar-refractivity contribution is 6.09. The lowest BCUT2D eigenvalue weighted by Gasteiger charge is -2.16. The van der Waals surface area contributed by atoms with Crippen molar-refractivity contribution in [1.82, 2.24) is 10.3 Å². The molecule has 164 valence electrons. The van der Waals surface area contributed by atoms with E-state index >= 15 is 0 Å². The van der Waals surface area contributed by atoms with Gasteiger partial charge in [0, 0.05) is 29.9 Å². The summed E-state index contributed by atoms with van der Waals surface area (Å²) in [7, 11) is 3.22. The third-order valence-corrected chi connectivity index (χ3v) is 5.62. The van der Waals surface area contributed by atoms with E-state index in [2.05, 4.69) is 42.7 Å². The lowest BCUT2D eigenvalue weighted by atomic mass is 10.0. The van der Waals surface area contributed by atoms with Crippen molar-refractivity contribution < 1.29 is 14.3 Å². The number of aromatic nitrogens is 1. The maximum absolute atomic E-state index is 11.3. The third kappa shape index (κ3) is 4.44. The first-order valence-electron chi connectivity index (χ1n) is 10.6. The summed E-state index contributed by atoms with van der Waals surface area (Å²) in [6.45, 7) is 4.54. The minimum absolute atomic E-state index is 0.319. The number of carbonyl (C=O) groups is 1. The predicted octanol–water partition coefficient (Wildman–Crippen LogP) is 5.66. The molecular formula is C26H27N3O3. The molecule has 0 saturated heterocycles. The highest BCUT2D eigenvalue weighted by Gasteiger charge is 2.12. The van der Waals surface area contributed by atoms with E-state index in [1.54, 1.807) is 14.2 Å². The quantitative estimate of drug-likeness (QED) is 0.387. The largest absolute Gasteiger partial charge is 0.497 e. The van der Waals surface area contributed by atoms with Crippen LogP contribution < -0.4 is 15.4 Å². The van der Waals surface area contributed by atoms with Crippen LogP contribution in [0.5, 0.6) is 5.75 Å². The number of hydrogen-bond acceptors (Lipinski definition) is 5. The van der Waals surface area contributed by atoms with Gasteiger partial charge in [0.05, 0.1) is 30.4 Å². The van der Waals surface area contributed by atoms with Crippen LogP contribution in [0.2, 0.25) is 0 Å². The first-order chi connectivity index (χ1) is 15.5. The van der Waals surface area contributed by atoms with Gasteiger partial charge in [0.25, 0.3) is 0 Å². The topological polar surface area (TPSA) is 72.5 Å².